The van der Waals surface area contributed by atoms with E-state index in [1.807, 2.05) is 6.07 Å². The van der Waals surface area contributed by atoms with Gasteiger partial charge >= 0.3 is 0 Å². The van der Waals surface area contributed by atoms with Gasteiger partial charge in [0.15, 0.2) is 11.6 Å². The normalized spacial score (nSPS) is 14.0. The van der Waals surface area contributed by atoms with E-state index < -0.39 is 5.82 Å². The summed E-state index contributed by atoms with van der Waals surface area (Å²) in [5.74, 6) is 0.0687. The number of nitrogens with zero attached hydrogens (tertiary/aromatic N) is 3. The van der Waals surface area contributed by atoms with Gasteiger partial charge in [-0.05, 0) is 37.6 Å². The Bertz CT molecular complexity index is 724. The molecular weight excluding hydrogens is 328 g/mol. The van der Waals surface area contributed by atoms with Gasteiger partial charge in [-0.25, -0.2) is 14.4 Å². The van der Waals surface area contributed by atoms with Gasteiger partial charge in [-0.2, -0.15) is 0 Å². The molecule has 116 valence electrons. The summed E-state index contributed by atoms with van der Waals surface area (Å²) in [4.78, 5) is 9.76. The van der Waals surface area contributed by atoms with Crippen molar-refractivity contribution in [2.24, 2.45) is 0 Å². The first-order chi connectivity index (χ1) is 10.5. The van der Waals surface area contributed by atoms with E-state index in [-0.39, 0.29) is 17.0 Å². The number of anilines is 1. The van der Waals surface area contributed by atoms with E-state index in [1.54, 1.807) is 6.07 Å². The van der Waals surface area contributed by atoms with Crippen LogP contribution in [-0.4, -0.2) is 29.2 Å². The zero-order chi connectivity index (χ0) is 15.9. The Labute approximate surface area is 137 Å². The van der Waals surface area contributed by atoms with Crippen LogP contribution in [-0.2, 0) is 0 Å². The second-order valence-electron chi connectivity index (χ2n) is 5.28. The first kappa shape index (κ1) is 15.3. The van der Waals surface area contributed by atoms with Gasteiger partial charge < -0.3 is 9.64 Å². The summed E-state index contributed by atoms with van der Waals surface area (Å²) in [5.41, 5.74) is 1.50. The number of hydrogen-bond donors (Lipinski definition) is 0. The number of benzene rings is 1. The molecule has 0 bridgehead atoms. The lowest BCUT2D eigenvalue weighted by Crippen LogP contribution is -2.38. The molecule has 0 saturated heterocycles. The van der Waals surface area contributed by atoms with Gasteiger partial charge in [0.05, 0.1) is 23.5 Å². The molecule has 0 unspecified atom stereocenters. The molecule has 0 atom stereocenters. The fourth-order valence-corrected chi connectivity index (χ4v) is 2.93. The molecule has 4 nitrogen and oxygen atoms in total. The zero-order valence-electron chi connectivity index (χ0n) is 12.1. The van der Waals surface area contributed by atoms with Crippen LogP contribution < -0.4 is 9.64 Å². The molecule has 0 fully saturated rings. The van der Waals surface area contributed by atoms with Crippen LogP contribution in [0.25, 0.3) is 11.3 Å². The Morgan fingerprint density at radius 2 is 2.09 bits per heavy atom. The van der Waals surface area contributed by atoms with Crippen molar-refractivity contribution >= 4 is 28.9 Å². The monoisotopic (exact) mass is 341 g/mol. The van der Waals surface area contributed by atoms with Crippen molar-refractivity contribution in [2.45, 2.75) is 19.9 Å². The minimum absolute atomic E-state index is 0.0118. The molecule has 0 N–H and O–H groups in total. The van der Waals surface area contributed by atoms with E-state index in [9.17, 15) is 4.39 Å². The highest BCUT2D eigenvalue weighted by Crippen LogP contribution is 2.42. The zero-order valence-corrected chi connectivity index (χ0v) is 13.6. The summed E-state index contributed by atoms with van der Waals surface area (Å²) in [5, 5.41) is 0.411. The Morgan fingerprint density at radius 3 is 2.82 bits per heavy atom. The number of fused-ring (bicyclic) bond motifs is 1. The van der Waals surface area contributed by atoms with Crippen molar-refractivity contribution < 1.29 is 9.13 Å². The van der Waals surface area contributed by atoms with Gasteiger partial charge in [-0.3, -0.25) is 0 Å². The van der Waals surface area contributed by atoms with Crippen LogP contribution in [0.1, 0.15) is 13.8 Å². The molecule has 0 saturated carbocycles. The van der Waals surface area contributed by atoms with Crippen LogP contribution in [0.15, 0.2) is 18.3 Å². The predicted octanol–water partition coefficient (Wildman–Crippen LogP) is 4.20. The third kappa shape index (κ3) is 2.71. The van der Waals surface area contributed by atoms with Crippen LogP contribution in [0.4, 0.5) is 10.1 Å². The minimum Gasteiger partial charge on any atom is -0.488 e. The van der Waals surface area contributed by atoms with E-state index in [0.717, 1.165) is 18.4 Å². The lowest BCUT2D eigenvalue weighted by Gasteiger charge is -2.35. The molecule has 0 radical (unpaired) electrons. The van der Waals surface area contributed by atoms with Crippen LogP contribution in [0.3, 0.4) is 0 Å². The molecule has 1 aromatic heterocycles. The van der Waals surface area contributed by atoms with Crippen molar-refractivity contribution in [3.05, 3.63) is 34.5 Å². The van der Waals surface area contributed by atoms with Crippen LogP contribution in [0.2, 0.25) is 10.3 Å². The third-order valence-corrected chi connectivity index (χ3v) is 3.99. The molecule has 2 heterocycles. The molecule has 0 spiro atoms. The lowest BCUT2D eigenvalue weighted by molar-refractivity contribution is 0.303. The average molecular weight is 342 g/mol. The van der Waals surface area contributed by atoms with E-state index in [4.69, 9.17) is 27.9 Å². The molecule has 0 amide bonds. The van der Waals surface area contributed by atoms with Crippen LogP contribution in [0, 0.1) is 5.82 Å². The molecule has 0 aliphatic carbocycles. The van der Waals surface area contributed by atoms with Gasteiger partial charge in [-0.1, -0.05) is 11.6 Å². The average Bonchev–Trinajstić information content (AvgIpc) is 2.49. The summed E-state index contributed by atoms with van der Waals surface area (Å²) >= 11 is 12.1. The Morgan fingerprint density at radius 1 is 1.32 bits per heavy atom. The molecule has 3 rings (SSSR count). The number of aromatic nitrogens is 2. The maximum absolute atomic E-state index is 14.0. The summed E-state index contributed by atoms with van der Waals surface area (Å²) in [7, 11) is 0. The van der Waals surface area contributed by atoms with Crippen LogP contribution in [0.5, 0.6) is 5.75 Å². The third-order valence-electron chi connectivity index (χ3n) is 3.52. The maximum Gasteiger partial charge on any atom is 0.223 e. The Balaban J connectivity index is 2.17. The number of hydrogen-bond acceptors (Lipinski definition) is 4. The van der Waals surface area contributed by atoms with Gasteiger partial charge in [-0.15, -0.1) is 0 Å². The SMILES string of the molecule is CC(C)N1CCOc2c(Cl)cc(-c3nc(Cl)ncc3F)cc21. The topological polar surface area (TPSA) is 38.2 Å². The van der Waals surface area contributed by atoms with E-state index in [1.165, 1.54) is 0 Å². The summed E-state index contributed by atoms with van der Waals surface area (Å²) in [6.45, 7) is 5.48. The van der Waals surface area contributed by atoms with Gasteiger partial charge in [0.25, 0.3) is 0 Å². The number of ether oxygens (including phenoxy) is 1. The lowest BCUT2D eigenvalue weighted by atomic mass is 10.1. The largest absolute Gasteiger partial charge is 0.488 e. The molecular formula is C15H14Cl2FN3O. The first-order valence-electron chi connectivity index (χ1n) is 6.88. The predicted molar refractivity (Wildman–Crippen MR) is 85.4 cm³/mol. The van der Waals surface area contributed by atoms with Gasteiger partial charge in [0.2, 0.25) is 5.28 Å². The van der Waals surface area contributed by atoms with Crippen LogP contribution >= 0.6 is 23.2 Å². The summed E-state index contributed by atoms with van der Waals surface area (Å²) in [6, 6.07) is 3.72. The number of halogens is 3. The van der Waals surface area contributed by atoms with E-state index in [0.29, 0.717) is 22.9 Å². The quantitative estimate of drug-likeness (QED) is 0.767. The summed E-state index contributed by atoms with van der Waals surface area (Å²) < 4.78 is 19.7. The van der Waals surface area contributed by atoms with E-state index >= 15 is 0 Å². The molecule has 2 aromatic rings. The van der Waals surface area contributed by atoms with Crippen molar-refractivity contribution in [1.82, 2.24) is 9.97 Å². The highest BCUT2D eigenvalue weighted by atomic mass is 35.5. The maximum atomic E-state index is 14.0. The van der Waals surface area contributed by atoms with Gasteiger partial charge in [0, 0.05) is 11.6 Å². The molecule has 1 aliphatic rings. The second kappa shape index (κ2) is 5.89. The fraction of sp³-hybridized carbons (Fsp3) is 0.333. The molecule has 7 heteroatoms. The first-order valence-corrected chi connectivity index (χ1v) is 7.64. The highest BCUT2D eigenvalue weighted by Gasteiger charge is 2.24. The Kier molecular flexibility index (Phi) is 4.10. The Hall–Kier alpha value is -1.59. The van der Waals surface area contributed by atoms with Crippen molar-refractivity contribution in [3.63, 3.8) is 0 Å². The molecule has 1 aliphatic heterocycles. The molecule has 1 aromatic carbocycles. The fourth-order valence-electron chi connectivity index (χ4n) is 2.52. The van der Waals surface area contributed by atoms with Gasteiger partial charge in [0.1, 0.15) is 12.3 Å². The smallest absolute Gasteiger partial charge is 0.223 e. The second-order valence-corrected chi connectivity index (χ2v) is 6.02. The minimum atomic E-state index is -0.548. The molecule has 22 heavy (non-hydrogen) atoms. The van der Waals surface area contributed by atoms with Crippen molar-refractivity contribution in [1.29, 1.82) is 0 Å². The number of rotatable bonds is 2. The standard InChI is InChI=1S/C15H14Cl2FN3O/c1-8(2)21-3-4-22-14-10(16)5-9(6-12(14)21)13-11(18)7-19-15(17)20-13/h5-8H,3-4H2,1-2H3. The van der Waals surface area contributed by atoms with Crippen molar-refractivity contribution in [3.8, 4) is 17.0 Å². The summed E-state index contributed by atoms with van der Waals surface area (Å²) in [6.07, 6.45) is 1.05. The van der Waals surface area contributed by atoms with E-state index in [2.05, 4.69) is 28.7 Å². The van der Waals surface area contributed by atoms with Crippen molar-refractivity contribution in [2.75, 3.05) is 18.1 Å². The highest BCUT2D eigenvalue weighted by molar-refractivity contribution is 6.33.